The quantitative estimate of drug-likeness (QED) is 0.839. The third kappa shape index (κ3) is 5.98. The van der Waals surface area contributed by atoms with E-state index in [0.29, 0.717) is 5.92 Å². The SMILES string of the molecule is Cc1sc(CNC(C)(C)C)cc1COCC(C)C. The van der Waals surface area contributed by atoms with E-state index >= 15 is 0 Å². The van der Waals surface area contributed by atoms with Crippen molar-refractivity contribution in [1.82, 2.24) is 5.32 Å². The van der Waals surface area contributed by atoms with Crippen molar-refractivity contribution in [2.75, 3.05) is 6.61 Å². The fourth-order valence-corrected chi connectivity index (χ4v) is 2.56. The molecule has 1 aromatic heterocycles. The highest BCUT2D eigenvalue weighted by Crippen LogP contribution is 2.23. The summed E-state index contributed by atoms with van der Waals surface area (Å²) in [7, 11) is 0. The molecule has 1 N–H and O–H groups in total. The summed E-state index contributed by atoms with van der Waals surface area (Å²) in [6.07, 6.45) is 0. The first-order valence-corrected chi connectivity index (χ1v) is 7.50. The van der Waals surface area contributed by atoms with E-state index < -0.39 is 0 Å². The standard InChI is InChI=1S/C15H27NOS/c1-11(2)9-17-10-13-7-14(18-12(13)3)8-16-15(4,5)6/h7,11,16H,8-10H2,1-6H3. The Morgan fingerprint density at radius 3 is 2.56 bits per heavy atom. The number of nitrogens with one attached hydrogen (secondary N) is 1. The van der Waals surface area contributed by atoms with Crippen LogP contribution in [-0.2, 0) is 17.9 Å². The second-order valence-corrected chi connectivity index (χ2v) is 7.65. The first-order chi connectivity index (χ1) is 8.28. The van der Waals surface area contributed by atoms with Crippen LogP contribution in [-0.4, -0.2) is 12.1 Å². The molecule has 0 aliphatic heterocycles. The minimum absolute atomic E-state index is 0.173. The van der Waals surface area contributed by atoms with Crippen LogP contribution in [0, 0.1) is 12.8 Å². The largest absolute Gasteiger partial charge is 0.376 e. The molecule has 2 nitrogen and oxygen atoms in total. The van der Waals surface area contributed by atoms with Crippen molar-refractivity contribution in [3.05, 3.63) is 21.4 Å². The smallest absolute Gasteiger partial charge is 0.0727 e. The highest BCUT2D eigenvalue weighted by Gasteiger charge is 2.11. The maximum Gasteiger partial charge on any atom is 0.0727 e. The van der Waals surface area contributed by atoms with Gasteiger partial charge in [0.05, 0.1) is 6.61 Å². The molecule has 0 amide bonds. The zero-order valence-corrected chi connectivity index (χ0v) is 13.4. The molecule has 0 aliphatic carbocycles. The zero-order valence-electron chi connectivity index (χ0n) is 12.6. The Bertz CT molecular complexity index is 363. The van der Waals surface area contributed by atoms with Gasteiger partial charge in [0.2, 0.25) is 0 Å². The number of thiophene rings is 1. The molecule has 0 bridgehead atoms. The molecule has 0 atom stereocenters. The summed E-state index contributed by atoms with van der Waals surface area (Å²) in [4.78, 5) is 2.77. The molecule has 0 aromatic carbocycles. The van der Waals surface area contributed by atoms with E-state index in [4.69, 9.17) is 4.74 Å². The highest BCUT2D eigenvalue weighted by molar-refractivity contribution is 7.12. The fourth-order valence-electron chi connectivity index (χ4n) is 1.57. The van der Waals surface area contributed by atoms with Gasteiger partial charge < -0.3 is 10.1 Å². The van der Waals surface area contributed by atoms with Gasteiger partial charge in [0.25, 0.3) is 0 Å². The third-order valence-corrected chi connectivity index (χ3v) is 3.67. The van der Waals surface area contributed by atoms with Crippen molar-refractivity contribution >= 4 is 11.3 Å². The van der Waals surface area contributed by atoms with Gasteiger partial charge in [0.1, 0.15) is 0 Å². The lowest BCUT2D eigenvalue weighted by molar-refractivity contribution is 0.0970. The summed E-state index contributed by atoms with van der Waals surface area (Å²) in [5.74, 6) is 0.603. The fraction of sp³-hybridized carbons (Fsp3) is 0.733. The van der Waals surface area contributed by atoms with Crippen molar-refractivity contribution in [1.29, 1.82) is 0 Å². The minimum atomic E-state index is 0.173. The van der Waals surface area contributed by atoms with Crippen LogP contribution >= 0.6 is 11.3 Å². The van der Waals surface area contributed by atoms with Gasteiger partial charge in [-0.1, -0.05) is 13.8 Å². The molecular weight excluding hydrogens is 242 g/mol. The number of hydrogen-bond acceptors (Lipinski definition) is 3. The highest BCUT2D eigenvalue weighted by atomic mass is 32.1. The molecule has 0 aliphatic rings. The Morgan fingerprint density at radius 2 is 2.00 bits per heavy atom. The lowest BCUT2D eigenvalue weighted by Crippen LogP contribution is -2.34. The second kappa shape index (κ2) is 6.69. The third-order valence-electron chi connectivity index (χ3n) is 2.57. The van der Waals surface area contributed by atoms with Crippen molar-refractivity contribution in [2.24, 2.45) is 5.92 Å². The molecule has 1 aromatic rings. The molecule has 0 spiro atoms. The normalized spacial score (nSPS) is 12.4. The van der Waals surface area contributed by atoms with Gasteiger partial charge in [-0.2, -0.15) is 0 Å². The van der Waals surface area contributed by atoms with Crippen LogP contribution in [0.5, 0.6) is 0 Å². The van der Waals surface area contributed by atoms with Gasteiger partial charge >= 0.3 is 0 Å². The molecule has 1 rings (SSSR count). The van der Waals surface area contributed by atoms with Crippen molar-refractivity contribution in [3.8, 4) is 0 Å². The average Bonchev–Trinajstić information content (AvgIpc) is 2.55. The molecule has 1 heterocycles. The monoisotopic (exact) mass is 269 g/mol. The first-order valence-electron chi connectivity index (χ1n) is 6.69. The Kier molecular flexibility index (Phi) is 5.83. The van der Waals surface area contributed by atoms with Crippen LogP contribution in [0.3, 0.4) is 0 Å². The zero-order chi connectivity index (χ0) is 13.8. The molecule has 0 fully saturated rings. The Balaban J connectivity index is 2.48. The van der Waals surface area contributed by atoms with E-state index in [2.05, 4.69) is 52.9 Å². The van der Waals surface area contributed by atoms with Gasteiger partial charge in [0, 0.05) is 28.4 Å². The van der Waals surface area contributed by atoms with E-state index in [1.165, 1.54) is 15.3 Å². The Labute approximate surface area is 116 Å². The predicted octanol–water partition coefficient (Wildman–Crippen LogP) is 4.12. The van der Waals surface area contributed by atoms with E-state index in [1.807, 2.05) is 11.3 Å². The summed E-state index contributed by atoms with van der Waals surface area (Å²) >= 11 is 1.87. The maximum atomic E-state index is 5.71. The van der Waals surface area contributed by atoms with Crippen molar-refractivity contribution in [2.45, 2.75) is 60.2 Å². The maximum absolute atomic E-state index is 5.71. The predicted molar refractivity (Wildman–Crippen MR) is 80.1 cm³/mol. The average molecular weight is 269 g/mol. The molecule has 0 radical (unpaired) electrons. The van der Waals surface area contributed by atoms with Crippen LogP contribution in [0.2, 0.25) is 0 Å². The van der Waals surface area contributed by atoms with Gasteiger partial charge in [0.15, 0.2) is 0 Å². The van der Waals surface area contributed by atoms with Gasteiger partial charge in [-0.15, -0.1) is 11.3 Å². The number of rotatable bonds is 6. The summed E-state index contributed by atoms with van der Waals surface area (Å²) in [6, 6.07) is 2.28. The van der Waals surface area contributed by atoms with Gasteiger partial charge in [-0.25, -0.2) is 0 Å². The lowest BCUT2D eigenvalue weighted by atomic mass is 10.1. The Morgan fingerprint density at radius 1 is 1.33 bits per heavy atom. The first kappa shape index (κ1) is 15.7. The summed E-state index contributed by atoms with van der Waals surface area (Å²) in [6.45, 7) is 15.7. The van der Waals surface area contributed by atoms with E-state index in [0.717, 1.165) is 19.8 Å². The van der Waals surface area contributed by atoms with Gasteiger partial charge in [-0.3, -0.25) is 0 Å². The summed E-state index contributed by atoms with van der Waals surface area (Å²) < 4.78 is 5.71. The number of aryl methyl sites for hydroxylation is 1. The molecule has 0 saturated carbocycles. The van der Waals surface area contributed by atoms with Crippen molar-refractivity contribution < 1.29 is 4.74 Å². The van der Waals surface area contributed by atoms with E-state index in [-0.39, 0.29) is 5.54 Å². The van der Waals surface area contributed by atoms with Crippen LogP contribution in [0.25, 0.3) is 0 Å². The molecule has 104 valence electrons. The summed E-state index contributed by atoms with van der Waals surface area (Å²) in [5, 5.41) is 3.52. The second-order valence-electron chi connectivity index (χ2n) is 6.31. The number of hydrogen-bond donors (Lipinski definition) is 1. The molecule has 18 heavy (non-hydrogen) atoms. The van der Waals surface area contributed by atoms with Crippen molar-refractivity contribution in [3.63, 3.8) is 0 Å². The van der Waals surface area contributed by atoms with Gasteiger partial charge in [-0.05, 0) is 45.2 Å². The summed E-state index contributed by atoms with van der Waals surface area (Å²) in [5.41, 5.74) is 1.51. The number of ether oxygens (including phenoxy) is 1. The Hall–Kier alpha value is -0.380. The molecule has 0 unspecified atom stereocenters. The van der Waals surface area contributed by atoms with E-state index in [9.17, 15) is 0 Å². The molecule has 3 heteroatoms. The van der Waals surface area contributed by atoms with E-state index in [1.54, 1.807) is 0 Å². The van der Waals surface area contributed by atoms with Crippen LogP contribution in [0.15, 0.2) is 6.07 Å². The topological polar surface area (TPSA) is 21.3 Å². The lowest BCUT2D eigenvalue weighted by Gasteiger charge is -2.19. The minimum Gasteiger partial charge on any atom is -0.376 e. The van der Waals surface area contributed by atoms with Crippen LogP contribution in [0.1, 0.15) is 49.9 Å². The van der Waals surface area contributed by atoms with Crippen LogP contribution in [0.4, 0.5) is 0 Å². The molecule has 0 saturated heterocycles. The van der Waals surface area contributed by atoms with Crippen LogP contribution < -0.4 is 5.32 Å². The molecular formula is C15H27NOS.